The van der Waals surface area contributed by atoms with Gasteiger partial charge < -0.3 is 14.4 Å². The predicted molar refractivity (Wildman–Crippen MR) is 83.0 cm³/mol. The average Bonchev–Trinajstić information content (AvgIpc) is 2.54. The van der Waals surface area contributed by atoms with E-state index in [9.17, 15) is 9.59 Å². The van der Waals surface area contributed by atoms with Gasteiger partial charge in [0.05, 0.1) is 25.2 Å². The van der Waals surface area contributed by atoms with Crippen molar-refractivity contribution in [3.05, 3.63) is 29.3 Å². The molecule has 0 aliphatic carbocycles. The van der Waals surface area contributed by atoms with E-state index < -0.39 is 0 Å². The Labute approximate surface area is 131 Å². The monoisotopic (exact) mass is 305 g/mol. The van der Waals surface area contributed by atoms with Crippen LogP contribution in [0.25, 0.3) is 0 Å². The third-order valence-electron chi connectivity index (χ3n) is 3.91. The maximum Gasteiger partial charge on any atom is 0.310 e. The van der Waals surface area contributed by atoms with Crippen molar-refractivity contribution in [2.45, 2.75) is 26.7 Å². The number of hydrogen-bond donors (Lipinski definition) is 0. The third-order valence-corrected chi connectivity index (χ3v) is 3.91. The van der Waals surface area contributed by atoms with Gasteiger partial charge in [-0.3, -0.25) is 9.59 Å². The number of rotatable bonds is 4. The number of methoxy groups -OCH3 is 1. The van der Waals surface area contributed by atoms with Crippen LogP contribution >= 0.6 is 0 Å². The van der Waals surface area contributed by atoms with Gasteiger partial charge in [-0.25, -0.2) is 0 Å². The number of hydrogen-bond acceptors (Lipinski definition) is 4. The molecule has 0 N–H and O–H groups in total. The van der Waals surface area contributed by atoms with Crippen LogP contribution in [0.15, 0.2) is 18.2 Å². The molecule has 0 radical (unpaired) electrons. The molecule has 1 aromatic rings. The number of nitrogens with zero attached hydrogens (tertiary/aromatic N) is 1. The zero-order valence-corrected chi connectivity index (χ0v) is 13.4. The van der Waals surface area contributed by atoms with Crippen molar-refractivity contribution >= 4 is 11.9 Å². The van der Waals surface area contributed by atoms with E-state index in [0.29, 0.717) is 31.0 Å². The van der Waals surface area contributed by atoms with E-state index >= 15 is 0 Å². The lowest BCUT2D eigenvalue weighted by atomic mass is 9.97. The van der Waals surface area contributed by atoms with Crippen molar-refractivity contribution < 1.29 is 19.1 Å². The van der Waals surface area contributed by atoms with Crippen LogP contribution in [0, 0.1) is 12.8 Å². The van der Waals surface area contributed by atoms with Gasteiger partial charge in [0.25, 0.3) is 5.91 Å². The molecule has 22 heavy (non-hydrogen) atoms. The summed E-state index contributed by atoms with van der Waals surface area (Å²) in [5.74, 6) is 0.0352. The fourth-order valence-electron chi connectivity index (χ4n) is 2.77. The van der Waals surface area contributed by atoms with Crippen LogP contribution in [-0.2, 0) is 9.53 Å². The first-order valence-electron chi connectivity index (χ1n) is 7.67. The Bertz CT molecular complexity index is 556. The summed E-state index contributed by atoms with van der Waals surface area (Å²) in [7, 11) is 1.55. The lowest BCUT2D eigenvalue weighted by molar-refractivity contribution is -0.149. The molecule has 5 nitrogen and oxygen atoms in total. The minimum absolute atomic E-state index is 0.0884. The molecule has 0 spiro atoms. The SMILES string of the molecule is CCOC(=O)C1CCCN(C(=O)c2cc(C)ccc2OC)C1. The normalized spacial score (nSPS) is 18.0. The maximum atomic E-state index is 12.8. The summed E-state index contributed by atoms with van der Waals surface area (Å²) in [5, 5.41) is 0. The molecule has 0 bridgehead atoms. The topological polar surface area (TPSA) is 55.8 Å². The van der Waals surface area contributed by atoms with Gasteiger partial charge in [0.15, 0.2) is 0 Å². The van der Waals surface area contributed by atoms with Gasteiger partial charge >= 0.3 is 5.97 Å². The second-order valence-electron chi connectivity index (χ2n) is 5.55. The van der Waals surface area contributed by atoms with Crippen molar-refractivity contribution in [1.82, 2.24) is 4.90 Å². The molecule has 1 unspecified atom stereocenters. The Kier molecular flexibility index (Phi) is 5.41. The minimum Gasteiger partial charge on any atom is -0.496 e. The van der Waals surface area contributed by atoms with Crippen LogP contribution in [0.3, 0.4) is 0 Å². The van der Waals surface area contributed by atoms with Crippen LogP contribution in [0.1, 0.15) is 35.7 Å². The number of amides is 1. The van der Waals surface area contributed by atoms with Gasteiger partial charge in [-0.2, -0.15) is 0 Å². The van der Waals surface area contributed by atoms with Gasteiger partial charge in [-0.15, -0.1) is 0 Å². The second kappa shape index (κ2) is 7.29. The summed E-state index contributed by atoms with van der Waals surface area (Å²) < 4.78 is 10.4. The van der Waals surface area contributed by atoms with Crippen LogP contribution in [0.5, 0.6) is 5.75 Å². The molecule has 1 saturated heterocycles. The van der Waals surface area contributed by atoms with Gasteiger partial charge in [-0.05, 0) is 38.8 Å². The summed E-state index contributed by atoms with van der Waals surface area (Å²) >= 11 is 0. The number of likely N-dealkylation sites (tertiary alicyclic amines) is 1. The standard InChI is InChI=1S/C17H23NO4/c1-4-22-17(20)13-6-5-9-18(11-13)16(19)14-10-12(2)7-8-15(14)21-3/h7-8,10,13H,4-6,9,11H2,1-3H3. The van der Waals surface area contributed by atoms with Gasteiger partial charge in [0.1, 0.15) is 5.75 Å². The van der Waals surface area contributed by atoms with Crippen LogP contribution < -0.4 is 4.74 Å². The maximum absolute atomic E-state index is 12.8. The fourth-order valence-corrected chi connectivity index (χ4v) is 2.77. The van der Waals surface area contributed by atoms with E-state index in [1.807, 2.05) is 19.1 Å². The van der Waals surface area contributed by atoms with E-state index in [1.165, 1.54) is 0 Å². The Morgan fingerprint density at radius 3 is 2.82 bits per heavy atom. The van der Waals surface area contributed by atoms with Crippen LogP contribution in [0.4, 0.5) is 0 Å². The van der Waals surface area contributed by atoms with Gasteiger partial charge in [0.2, 0.25) is 0 Å². The van der Waals surface area contributed by atoms with Crippen LogP contribution in [0.2, 0.25) is 0 Å². The summed E-state index contributed by atoms with van der Waals surface area (Å²) in [6.07, 6.45) is 1.58. The molecule has 1 atom stereocenters. The molecular weight excluding hydrogens is 282 g/mol. The number of carbonyl (C=O) groups is 2. The summed E-state index contributed by atoms with van der Waals surface area (Å²) in [6, 6.07) is 5.54. The van der Waals surface area contributed by atoms with E-state index in [2.05, 4.69) is 0 Å². The second-order valence-corrected chi connectivity index (χ2v) is 5.55. The molecular formula is C17H23NO4. The first-order chi connectivity index (χ1) is 10.6. The largest absolute Gasteiger partial charge is 0.496 e. The summed E-state index contributed by atoms with van der Waals surface area (Å²) in [5.41, 5.74) is 1.55. The number of esters is 1. The Hall–Kier alpha value is -2.04. The quantitative estimate of drug-likeness (QED) is 0.802. The van der Waals surface area contributed by atoms with E-state index in [0.717, 1.165) is 18.4 Å². The minimum atomic E-state index is -0.228. The Balaban J connectivity index is 2.15. The third kappa shape index (κ3) is 3.59. The van der Waals surface area contributed by atoms with E-state index in [-0.39, 0.29) is 17.8 Å². The lowest BCUT2D eigenvalue weighted by Crippen LogP contribution is -2.43. The number of piperidine rings is 1. The number of carbonyl (C=O) groups excluding carboxylic acids is 2. The molecule has 1 aliphatic heterocycles. The van der Waals surface area contributed by atoms with Gasteiger partial charge in [0, 0.05) is 13.1 Å². The van der Waals surface area contributed by atoms with E-state index in [1.54, 1.807) is 25.0 Å². The number of benzene rings is 1. The van der Waals surface area contributed by atoms with Gasteiger partial charge in [-0.1, -0.05) is 11.6 Å². The highest BCUT2D eigenvalue weighted by Crippen LogP contribution is 2.25. The summed E-state index contributed by atoms with van der Waals surface area (Å²) in [4.78, 5) is 26.4. The molecule has 5 heteroatoms. The summed E-state index contributed by atoms with van der Waals surface area (Å²) in [6.45, 7) is 5.17. The Morgan fingerprint density at radius 1 is 1.36 bits per heavy atom. The molecule has 2 rings (SSSR count). The molecule has 0 saturated carbocycles. The highest BCUT2D eigenvalue weighted by molar-refractivity contribution is 5.97. The fraction of sp³-hybridized carbons (Fsp3) is 0.529. The van der Waals surface area contributed by atoms with Crippen molar-refractivity contribution in [3.63, 3.8) is 0 Å². The zero-order chi connectivity index (χ0) is 16.1. The van der Waals surface area contributed by atoms with Crippen molar-refractivity contribution in [3.8, 4) is 5.75 Å². The van der Waals surface area contributed by atoms with Crippen molar-refractivity contribution in [2.24, 2.45) is 5.92 Å². The molecule has 1 amide bonds. The molecule has 120 valence electrons. The first-order valence-corrected chi connectivity index (χ1v) is 7.67. The molecule has 1 fully saturated rings. The smallest absolute Gasteiger partial charge is 0.310 e. The average molecular weight is 305 g/mol. The van der Waals surface area contributed by atoms with Crippen LogP contribution in [-0.4, -0.2) is 43.6 Å². The highest BCUT2D eigenvalue weighted by Gasteiger charge is 2.30. The van der Waals surface area contributed by atoms with E-state index in [4.69, 9.17) is 9.47 Å². The van der Waals surface area contributed by atoms with Crippen molar-refractivity contribution in [1.29, 1.82) is 0 Å². The zero-order valence-electron chi connectivity index (χ0n) is 13.4. The molecule has 1 aliphatic rings. The molecule has 0 aromatic heterocycles. The molecule has 1 aromatic carbocycles. The Morgan fingerprint density at radius 2 is 2.14 bits per heavy atom. The molecule has 1 heterocycles. The number of aryl methyl sites for hydroxylation is 1. The highest BCUT2D eigenvalue weighted by atomic mass is 16.5. The first kappa shape index (κ1) is 16.3. The predicted octanol–water partition coefficient (Wildman–Crippen LogP) is 2.42. The number of ether oxygens (including phenoxy) is 2. The lowest BCUT2D eigenvalue weighted by Gasteiger charge is -2.32. The van der Waals surface area contributed by atoms with Crippen molar-refractivity contribution in [2.75, 3.05) is 26.8 Å².